The van der Waals surface area contributed by atoms with Gasteiger partial charge < -0.3 is 10.2 Å². The smallest absolute Gasteiger partial charge is 0.223 e. The molecule has 0 aromatic heterocycles. The summed E-state index contributed by atoms with van der Waals surface area (Å²) in [6.07, 6.45) is 0.436. The van der Waals surface area contributed by atoms with E-state index in [1.807, 2.05) is 0 Å². The van der Waals surface area contributed by atoms with E-state index in [0.29, 0.717) is 24.5 Å². The molecule has 1 aromatic carbocycles. The topological polar surface area (TPSA) is 32.3 Å². The highest BCUT2D eigenvalue weighted by Crippen LogP contribution is 2.18. The number of halogens is 2. The maximum atomic E-state index is 12.8. The molecule has 1 aromatic rings. The van der Waals surface area contributed by atoms with Gasteiger partial charge in [0.15, 0.2) is 0 Å². The third kappa shape index (κ3) is 4.32. The molecule has 0 bridgehead atoms. The quantitative estimate of drug-likeness (QED) is 0.877. The van der Waals surface area contributed by atoms with Crippen LogP contribution in [-0.2, 0) is 11.3 Å². The number of benzene rings is 1. The number of rotatable bonds is 5. The van der Waals surface area contributed by atoms with Crippen LogP contribution in [0.15, 0.2) is 18.2 Å². The lowest BCUT2D eigenvalue weighted by Crippen LogP contribution is -2.28. The van der Waals surface area contributed by atoms with Gasteiger partial charge >= 0.3 is 0 Å². The Bertz CT molecular complexity index is 398. The molecule has 0 aliphatic carbocycles. The average Bonchev–Trinajstić information content (AvgIpc) is 2.29. The monoisotopic (exact) mass is 258 g/mol. The van der Waals surface area contributed by atoms with Crippen LogP contribution in [0.1, 0.15) is 12.0 Å². The lowest BCUT2D eigenvalue weighted by Gasteiger charge is -2.18. The van der Waals surface area contributed by atoms with E-state index in [0.717, 1.165) is 5.56 Å². The molecule has 0 unspecified atom stereocenters. The first-order chi connectivity index (χ1) is 8.04. The van der Waals surface area contributed by atoms with Crippen molar-refractivity contribution < 1.29 is 9.18 Å². The molecule has 0 spiro atoms. The van der Waals surface area contributed by atoms with Crippen molar-refractivity contribution in [3.63, 3.8) is 0 Å². The minimum absolute atomic E-state index is 0.0275. The largest absolute Gasteiger partial charge is 0.341 e. The summed E-state index contributed by atoms with van der Waals surface area (Å²) in [6.45, 7) is 1.03. The lowest BCUT2D eigenvalue weighted by atomic mass is 10.2. The van der Waals surface area contributed by atoms with Crippen molar-refractivity contribution in [2.75, 3.05) is 20.6 Å². The van der Waals surface area contributed by atoms with Gasteiger partial charge in [-0.1, -0.05) is 17.7 Å². The van der Waals surface area contributed by atoms with Crippen LogP contribution in [0.4, 0.5) is 4.39 Å². The first-order valence-corrected chi connectivity index (χ1v) is 5.75. The van der Waals surface area contributed by atoms with Crippen LogP contribution in [0.2, 0.25) is 5.02 Å². The molecular formula is C12H16ClFN2O. The van der Waals surface area contributed by atoms with Crippen molar-refractivity contribution in [3.8, 4) is 0 Å². The van der Waals surface area contributed by atoms with Gasteiger partial charge in [0.1, 0.15) is 5.82 Å². The van der Waals surface area contributed by atoms with Gasteiger partial charge in [-0.3, -0.25) is 4.79 Å². The van der Waals surface area contributed by atoms with E-state index in [1.54, 1.807) is 25.1 Å². The molecule has 5 heteroatoms. The Morgan fingerprint density at radius 1 is 1.53 bits per heavy atom. The zero-order chi connectivity index (χ0) is 12.8. The Hall–Kier alpha value is -1.13. The molecule has 1 amide bonds. The molecule has 17 heavy (non-hydrogen) atoms. The fourth-order valence-electron chi connectivity index (χ4n) is 1.42. The van der Waals surface area contributed by atoms with Gasteiger partial charge in [0.2, 0.25) is 5.91 Å². The summed E-state index contributed by atoms with van der Waals surface area (Å²) in [5.41, 5.74) is 0.744. The molecule has 1 N–H and O–H groups in total. The summed E-state index contributed by atoms with van der Waals surface area (Å²) in [5, 5.41) is 3.26. The van der Waals surface area contributed by atoms with Gasteiger partial charge in [-0.15, -0.1) is 0 Å². The molecule has 0 heterocycles. The maximum Gasteiger partial charge on any atom is 0.223 e. The Labute approximate surface area is 106 Å². The second kappa shape index (κ2) is 6.57. The van der Waals surface area contributed by atoms with E-state index in [4.69, 9.17) is 11.6 Å². The summed E-state index contributed by atoms with van der Waals surface area (Å²) in [7, 11) is 3.50. The number of carbonyl (C=O) groups excluding carboxylic acids is 1. The Kier molecular flexibility index (Phi) is 5.38. The maximum absolute atomic E-state index is 12.8. The number of nitrogens with one attached hydrogen (secondary N) is 1. The van der Waals surface area contributed by atoms with Crippen molar-refractivity contribution >= 4 is 17.5 Å². The molecule has 0 aliphatic rings. The predicted molar refractivity (Wildman–Crippen MR) is 66.4 cm³/mol. The minimum atomic E-state index is -0.372. The second-order valence-corrected chi connectivity index (χ2v) is 4.25. The zero-order valence-corrected chi connectivity index (χ0v) is 10.7. The first kappa shape index (κ1) is 13.9. The van der Waals surface area contributed by atoms with Crippen LogP contribution in [0, 0.1) is 5.82 Å². The molecule has 0 radical (unpaired) electrons. The second-order valence-electron chi connectivity index (χ2n) is 3.84. The van der Waals surface area contributed by atoms with Crippen LogP contribution in [0.5, 0.6) is 0 Å². The normalized spacial score (nSPS) is 10.4. The highest BCUT2D eigenvalue weighted by molar-refractivity contribution is 6.31. The van der Waals surface area contributed by atoms with Crippen LogP contribution in [-0.4, -0.2) is 31.4 Å². The highest BCUT2D eigenvalue weighted by atomic mass is 35.5. The Morgan fingerprint density at radius 3 is 2.82 bits per heavy atom. The van der Waals surface area contributed by atoms with Crippen LogP contribution in [0.3, 0.4) is 0 Å². The van der Waals surface area contributed by atoms with Gasteiger partial charge in [0.05, 0.1) is 0 Å². The molecule has 0 atom stereocenters. The van der Waals surface area contributed by atoms with Crippen molar-refractivity contribution in [2.24, 2.45) is 0 Å². The number of nitrogens with zero attached hydrogens (tertiary/aromatic N) is 1. The summed E-state index contributed by atoms with van der Waals surface area (Å²) < 4.78 is 12.8. The minimum Gasteiger partial charge on any atom is -0.341 e. The van der Waals surface area contributed by atoms with Crippen LogP contribution >= 0.6 is 11.6 Å². The zero-order valence-electron chi connectivity index (χ0n) is 9.96. The molecule has 0 aliphatic heterocycles. The third-order valence-electron chi connectivity index (χ3n) is 2.44. The van der Waals surface area contributed by atoms with Crippen molar-refractivity contribution in [1.82, 2.24) is 10.2 Å². The third-order valence-corrected chi connectivity index (χ3v) is 2.79. The molecule has 0 saturated carbocycles. The van der Waals surface area contributed by atoms with Gasteiger partial charge in [-0.2, -0.15) is 0 Å². The number of hydrogen-bond acceptors (Lipinski definition) is 2. The summed E-state index contributed by atoms with van der Waals surface area (Å²) in [6, 6.07) is 4.19. The molecular weight excluding hydrogens is 243 g/mol. The van der Waals surface area contributed by atoms with Gasteiger partial charge in [0, 0.05) is 31.6 Å². The number of hydrogen-bond donors (Lipinski definition) is 1. The Morgan fingerprint density at radius 2 is 2.24 bits per heavy atom. The van der Waals surface area contributed by atoms with E-state index in [2.05, 4.69) is 5.32 Å². The lowest BCUT2D eigenvalue weighted by molar-refractivity contribution is -0.130. The van der Waals surface area contributed by atoms with Gasteiger partial charge in [0.25, 0.3) is 0 Å². The van der Waals surface area contributed by atoms with E-state index in [9.17, 15) is 9.18 Å². The fraction of sp³-hybridized carbons (Fsp3) is 0.417. The molecule has 0 saturated heterocycles. The standard InChI is InChI=1S/C12H16ClFN2O/c1-15-6-5-12(17)16(2)8-9-3-4-10(14)7-11(9)13/h3-4,7,15H,5-6,8H2,1-2H3. The van der Waals surface area contributed by atoms with Crippen molar-refractivity contribution in [1.29, 1.82) is 0 Å². The van der Waals surface area contributed by atoms with E-state index < -0.39 is 0 Å². The van der Waals surface area contributed by atoms with E-state index in [1.165, 1.54) is 12.1 Å². The summed E-state index contributed by atoms with van der Waals surface area (Å²) in [4.78, 5) is 13.2. The number of carbonyl (C=O) groups is 1. The van der Waals surface area contributed by atoms with E-state index in [-0.39, 0.29) is 11.7 Å². The SMILES string of the molecule is CNCCC(=O)N(C)Cc1ccc(F)cc1Cl. The highest BCUT2D eigenvalue weighted by Gasteiger charge is 2.10. The fourth-order valence-corrected chi connectivity index (χ4v) is 1.64. The summed E-state index contributed by atoms with van der Waals surface area (Å²) >= 11 is 5.89. The Balaban J connectivity index is 2.61. The average molecular weight is 259 g/mol. The molecule has 1 rings (SSSR count). The number of amides is 1. The molecule has 94 valence electrons. The first-order valence-electron chi connectivity index (χ1n) is 5.37. The predicted octanol–water partition coefficient (Wildman–Crippen LogP) is 2.05. The molecule has 0 fully saturated rings. The van der Waals surface area contributed by atoms with Crippen molar-refractivity contribution in [2.45, 2.75) is 13.0 Å². The van der Waals surface area contributed by atoms with Gasteiger partial charge in [-0.05, 0) is 24.7 Å². The van der Waals surface area contributed by atoms with E-state index >= 15 is 0 Å². The van der Waals surface area contributed by atoms with Gasteiger partial charge in [-0.25, -0.2) is 4.39 Å². The van der Waals surface area contributed by atoms with Crippen molar-refractivity contribution in [3.05, 3.63) is 34.6 Å². The molecule has 3 nitrogen and oxygen atoms in total. The van der Waals surface area contributed by atoms with Crippen LogP contribution in [0.25, 0.3) is 0 Å². The summed E-state index contributed by atoms with van der Waals surface area (Å²) in [5.74, 6) is -0.345. The van der Waals surface area contributed by atoms with Crippen LogP contribution < -0.4 is 5.32 Å².